The van der Waals surface area contributed by atoms with Crippen LogP contribution in [0.2, 0.25) is 5.02 Å². The number of methoxy groups -OCH3 is 2. The third-order valence-electron chi connectivity index (χ3n) is 6.94. The van der Waals surface area contributed by atoms with E-state index >= 15 is 0 Å². The number of hydrogen-bond acceptors (Lipinski definition) is 5. The number of benzene rings is 2. The summed E-state index contributed by atoms with van der Waals surface area (Å²) in [5.41, 5.74) is 1.78. The average Bonchev–Trinajstić information content (AvgIpc) is 3.59. The van der Waals surface area contributed by atoms with E-state index in [0.717, 1.165) is 36.1 Å². The van der Waals surface area contributed by atoms with Crippen LogP contribution >= 0.6 is 22.9 Å². The van der Waals surface area contributed by atoms with Crippen LogP contribution < -0.4 is 14.8 Å². The first-order valence-corrected chi connectivity index (χ1v) is 13.0. The molecule has 2 heterocycles. The van der Waals surface area contributed by atoms with E-state index in [-0.39, 0.29) is 23.9 Å². The van der Waals surface area contributed by atoms with Crippen molar-refractivity contribution in [2.45, 2.75) is 43.7 Å². The Labute approximate surface area is 213 Å². The standard InChI is InChI=1S/C27H27ClN2O4S/c1-33-21-15-22(34-2)20(14-19(21)28)29-26(31)24-17-10-5-6-11-18(17)27(32)30(16-8-3-4-9-16)25(24)23-12-7-13-35-23/h5-7,10-16,24-25H,3-4,8-9H2,1-2H3,(H,29,31). The molecule has 5 rings (SSSR count). The van der Waals surface area contributed by atoms with Crippen LogP contribution in [0, 0.1) is 0 Å². The minimum absolute atomic E-state index is 0.0000208. The van der Waals surface area contributed by atoms with Crippen molar-refractivity contribution < 1.29 is 19.1 Å². The zero-order valence-corrected chi connectivity index (χ0v) is 21.2. The van der Waals surface area contributed by atoms with Gasteiger partial charge in [0, 0.05) is 22.5 Å². The molecule has 2 amide bonds. The molecule has 1 saturated carbocycles. The molecule has 2 aliphatic rings. The number of carbonyl (C=O) groups is 2. The van der Waals surface area contributed by atoms with Crippen molar-refractivity contribution in [3.8, 4) is 11.5 Å². The molecule has 1 aliphatic heterocycles. The third-order valence-corrected chi connectivity index (χ3v) is 8.18. The summed E-state index contributed by atoms with van der Waals surface area (Å²) < 4.78 is 10.8. The number of nitrogens with one attached hydrogen (secondary N) is 1. The third kappa shape index (κ3) is 4.28. The van der Waals surface area contributed by atoms with Gasteiger partial charge in [-0.2, -0.15) is 0 Å². The molecule has 1 fully saturated rings. The normalized spacial score (nSPS) is 20.0. The zero-order chi connectivity index (χ0) is 24.5. The number of ether oxygens (including phenoxy) is 2. The van der Waals surface area contributed by atoms with Crippen molar-refractivity contribution in [3.05, 3.63) is 74.9 Å². The Kier molecular flexibility index (Phi) is 6.71. The molecule has 2 atom stereocenters. The number of rotatable bonds is 6. The molecular weight excluding hydrogens is 484 g/mol. The molecule has 0 saturated heterocycles. The minimum Gasteiger partial charge on any atom is -0.495 e. The number of fused-ring (bicyclic) bond motifs is 1. The van der Waals surface area contributed by atoms with Crippen molar-refractivity contribution in [2.75, 3.05) is 19.5 Å². The van der Waals surface area contributed by atoms with E-state index in [9.17, 15) is 9.59 Å². The highest BCUT2D eigenvalue weighted by Crippen LogP contribution is 2.48. The Morgan fingerprint density at radius 3 is 2.49 bits per heavy atom. The van der Waals surface area contributed by atoms with Crippen LogP contribution in [0.1, 0.15) is 58.4 Å². The number of thiophene rings is 1. The van der Waals surface area contributed by atoms with Gasteiger partial charge in [0.15, 0.2) is 0 Å². The lowest BCUT2D eigenvalue weighted by Gasteiger charge is -2.44. The quantitative estimate of drug-likeness (QED) is 0.423. The number of carbonyl (C=O) groups excluding carboxylic acids is 2. The molecule has 35 heavy (non-hydrogen) atoms. The SMILES string of the molecule is COc1cc(OC)c(NC(=O)C2c3ccccc3C(=O)N(C3CCCC3)C2c2cccs2)cc1Cl. The fraction of sp³-hybridized carbons (Fsp3) is 0.333. The van der Waals surface area contributed by atoms with Crippen molar-refractivity contribution in [1.29, 1.82) is 0 Å². The fourth-order valence-corrected chi connectivity index (χ4v) is 6.45. The van der Waals surface area contributed by atoms with Crippen molar-refractivity contribution in [3.63, 3.8) is 0 Å². The van der Waals surface area contributed by atoms with Crippen molar-refractivity contribution in [2.24, 2.45) is 0 Å². The van der Waals surface area contributed by atoms with Gasteiger partial charge in [0.05, 0.1) is 36.9 Å². The Morgan fingerprint density at radius 1 is 1.06 bits per heavy atom. The predicted molar refractivity (Wildman–Crippen MR) is 138 cm³/mol. The number of hydrogen-bond donors (Lipinski definition) is 1. The van der Waals surface area contributed by atoms with E-state index in [4.69, 9.17) is 21.1 Å². The number of anilines is 1. The first-order chi connectivity index (χ1) is 17.0. The van der Waals surface area contributed by atoms with Gasteiger partial charge in [-0.3, -0.25) is 9.59 Å². The van der Waals surface area contributed by atoms with Gasteiger partial charge in [0.1, 0.15) is 11.5 Å². The summed E-state index contributed by atoms with van der Waals surface area (Å²) in [6.45, 7) is 0. The summed E-state index contributed by atoms with van der Waals surface area (Å²) in [5.74, 6) is 0.0960. The second kappa shape index (κ2) is 9.91. The Balaban J connectivity index is 1.61. The molecule has 0 radical (unpaired) electrons. The molecule has 1 aliphatic carbocycles. The molecule has 0 spiro atoms. The zero-order valence-electron chi connectivity index (χ0n) is 19.6. The van der Waals surface area contributed by atoms with Gasteiger partial charge in [-0.1, -0.05) is 48.7 Å². The maximum Gasteiger partial charge on any atom is 0.254 e. The summed E-state index contributed by atoms with van der Waals surface area (Å²) in [6.07, 6.45) is 4.08. The lowest BCUT2D eigenvalue weighted by atomic mass is 9.80. The van der Waals surface area contributed by atoms with E-state index in [2.05, 4.69) is 5.32 Å². The first-order valence-electron chi connectivity index (χ1n) is 11.7. The Morgan fingerprint density at radius 2 is 1.80 bits per heavy atom. The maximum atomic E-state index is 14.1. The van der Waals surface area contributed by atoms with Crippen LogP contribution in [-0.2, 0) is 4.79 Å². The summed E-state index contributed by atoms with van der Waals surface area (Å²) in [6, 6.07) is 14.5. The van der Waals surface area contributed by atoms with Crippen LogP contribution in [0.4, 0.5) is 5.69 Å². The second-order valence-electron chi connectivity index (χ2n) is 8.85. The number of amides is 2. The summed E-state index contributed by atoms with van der Waals surface area (Å²) in [7, 11) is 3.06. The van der Waals surface area contributed by atoms with E-state index in [0.29, 0.717) is 27.8 Å². The summed E-state index contributed by atoms with van der Waals surface area (Å²) >= 11 is 7.94. The van der Waals surface area contributed by atoms with E-state index < -0.39 is 5.92 Å². The molecule has 8 heteroatoms. The van der Waals surface area contributed by atoms with Crippen LogP contribution in [0.15, 0.2) is 53.9 Å². The molecule has 1 N–H and O–H groups in total. The smallest absolute Gasteiger partial charge is 0.254 e. The molecule has 6 nitrogen and oxygen atoms in total. The molecule has 3 aromatic rings. The molecule has 2 unspecified atom stereocenters. The topological polar surface area (TPSA) is 67.9 Å². The predicted octanol–water partition coefficient (Wildman–Crippen LogP) is 6.28. The highest BCUT2D eigenvalue weighted by molar-refractivity contribution is 7.10. The van der Waals surface area contributed by atoms with Gasteiger partial charge in [0.2, 0.25) is 5.91 Å². The van der Waals surface area contributed by atoms with E-state index in [1.54, 1.807) is 23.5 Å². The van der Waals surface area contributed by atoms with Gasteiger partial charge in [-0.05, 0) is 42.0 Å². The van der Waals surface area contributed by atoms with Crippen LogP contribution in [-0.4, -0.2) is 37.0 Å². The minimum atomic E-state index is -0.589. The summed E-state index contributed by atoms with van der Waals surface area (Å²) in [4.78, 5) is 30.8. The van der Waals surface area contributed by atoms with Crippen LogP contribution in [0.25, 0.3) is 0 Å². The van der Waals surface area contributed by atoms with Crippen LogP contribution in [0.3, 0.4) is 0 Å². The Hall–Kier alpha value is -3.03. The monoisotopic (exact) mass is 510 g/mol. The second-order valence-corrected chi connectivity index (χ2v) is 10.2. The van der Waals surface area contributed by atoms with Gasteiger partial charge >= 0.3 is 0 Å². The number of halogens is 1. The highest BCUT2D eigenvalue weighted by Gasteiger charge is 2.47. The first kappa shape index (κ1) is 23.7. The lowest BCUT2D eigenvalue weighted by Crippen LogP contribution is -2.49. The van der Waals surface area contributed by atoms with Gasteiger partial charge in [0.25, 0.3) is 5.91 Å². The summed E-state index contributed by atoms with van der Waals surface area (Å²) in [5, 5.41) is 5.41. The lowest BCUT2D eigenvalue weighted by molar-refractivity contribution is -0.119. The molecular formula is C27H27ClN2O4S. The van der Waals surface area contributed by atoms with Gasteiger partial charge in [-0.25, -0.2) is 0 Å². The Bertz CT molecular complexity index is 1240. The van der Waals surface area contributed by atoms with E-state index in [1.807, 2.05) is 46.7 Å². The maximum absolute atomic E-state index is 14.1. The average molecular weight is 511 g/mol. The van der Waals surface area contributed by atoms with E-state index in [1.165, 1.54) is 14.2 Å². The molecule has 0 bridgehead atoms. The fourth-order valence-electron chi connectivity index (χ4n) is 5.35. The molecule has 1 aromatic heterocycles. The van der Waals surface area contributed by atoms with Gasteiger partial charge in [-0.15, -0.1) is 11.3 Å². The van der Waals surface area contributed by atoms with Crippen molar-refractivity contribution in [1.82, 2.24) is 4.90 Å². The molecule has 2 aromatic carbocycles. The van der Waals surface area contributed by atoms with Crippen LogP contribution in [0.5, 0.6) is 11.5 Å². The molecule has 182 valence electrons. The van der Waals surface area contributed by atoms with Gasteiger partial charge < -0.3 is 19.7 Å². The van der Waals surface area contributed by atoms with Crippen molar-refractivity contribution >= 4 is 40.4 Å². The number of nitrogens with zero attached hydrogens (tertiary/aromatic N) is 1. The largest absolute Gasteiger partial charge is 0.495 e. The highest BCUT2D eigenvalue weighted by atomic mass is 35.5.